The number of thiophene rings is 1. The number of nitrogens with zero attached hydrogens (tertiary/aromatic N) is 3. The lowest BCUT2D eigenvalue weighted by molar-refractivity contribution is -0.0882. The summed E-state index contributed by atoms with van der Waals surface area (Å²) in [6.07, 6.45) is -1.64. The van der Waals surface area contributed by atoms with Crippen LogP contribution in [0.5, 0.6) is 0 Å². The highest BCUT2D eigenvalue weighted by molar-refractivity contribution is 7.16. The number of carbonyl (C=O) groups excluding carboxylic acids is 2. The molecule has 2 rings (SSSR count). The van der Waals surface area contributed by atoms with Crippen LogP contribution in [0.25, 0.3) is 0 Å². The maximum atomic E-state index is 12.4. The largest absolute Gasteiger partial charge is 0.455 e. The van der Waals surface area contributed by atoms with Gasteiger partial charge in [0.15, 0.2) is 0 Å². The van der Waals surface area contributed by atoms with Gasteiger partial charge in [-0.25, -0.2) is 4.98 Å². The Kier molecular flexibility index (Phi) is 4.36. The average Bonchev–Trinajstić information content (AvgIpc) is 3.06. The molecule has 0 fully saturated rings. The molecule has 0 radical (unpaired) electrons. The first-order chi connectivity index (χ1) is 10.2. The van der Waals surface area contributed by atoms with Crippen LogP contribution in [-0.4, -0.2) is 39.4 Å². The first-order valence-electron chi connectivity index (χ1n) is 6.13. The van der Waals surface area contributed by atoms with Crippen LogP contribution in [0.1, 0.15) is 25.2 Å². The Labute approximate surface area is 128 Å². The summed E-state index contributed by atoms with van der Waals surface area (Å²) in [4.78, 5) is 28.3. The van der Waals surface area contributed by atoms with Crippen molar-refractivity contribution in [3.63, 3.8) is 0 Å². The van der Waals surface area contributed by atoms with Crippen LogP contribution in [0.2, 0.25) is 0 Å². The predicted octanol–water partition coefficient (Wildman–Crippen LogP) is 2.50. The van der Waals surface area contributed by atoms with Crippen LogP contribution in [-0.2, 0) is 13.6 Å². The van der Waals surface area contributed by atoms with Gasteiger partial charge in [0, 0.05) is 26.5 Å². The quantitative estimate of drug-likeness (QED) is 0.809. The predicted molar refractivity (Wildman–Crippen MR) is 73.7 cm³/mol. The molecule has 22 heavy (non-hydrogen) atoms. The van der Waals surface area contributed by atoms with E-state index in [2.05, 4.69) is 4.98 Å². The topological polar surface area (TPSA) is 55.2 Å². The van der Waals surface area contributed by atoms with Gasteiger partial charge in [-0.3, -0.25) is 9.59 Å². The van der Waals surface area contributed by atoms with Crippen molar-refractivity contribution < 1.29 is 22.8 Å². The van der Waals surface area contributed by atoms with E-state index in [-0.39, 0.29) is 11.4 Å². The number of imidazole rings is 1. The first kappa shape index (κ1) is 16.2. The molecule has 0 saturated heterocycles. The van der Waals surface area contributed by atoms with Crippen molar-refractivity contribution in [2.75, 3.05) is 7.05 Å². The van der Waals surface area contributed by atoms with Gasteiger partial charge in [-0.05, 0) is 12.1 Å². The third kappa shape index (κ3) is 3.35. The standard InChI is InChI=1S/C13H12F3N3O2S/c1-18-6-5-17-10(18)7-19(2)12(21)9-4-3-8(22-9)11(20)13(14,15)16/h3-6H,7H2,1-2H3. The second-order valence-corrected chi connectivity index (χ2v) is 5.69. The van der Waals surface area contributed by atoms with Crippen molar-refractivity contribution in [2.45, 2.75) is 12.7 Å². The lowest BCUT2D eigenvalue weighted by Gasteiger charge is -2.15. The fraction of sp³-hybridized carbons (Fsp3) is 0.308. The van der Waals surface area contributed by atoms with Crippen LogP contribution < -0.4 is 0 Å². The molecular weight excluding hydrogens is 319 g/mol. The number of amides is 1. The Balaban J connectivity index is 2.12. The number of halogens is 3. The third-order valence-corrected chi connectivity index (χ3v) is 4.02. The zero-order chi connectivity index (χ0) is 16.5. The molecule has 0 aromatic carbocycles. The Morgan fingerprint density at radius 3 is 2.50 bits per heavy atom. The zero-order valence-electron chi connectivity index (χ0n) is 11.7. The fourth-order valence-electron chi connectivity index (χ4n) is 1.74. The van der Waals surface area contributed by atoms with Crippen LogP contribution >= 0.6 is 11.3 Å². The minimum Gasteiger partial charge on any atom is -0.337 e. The number of hydrogen-bond acceptors (Lipinski definition) is 4. The van der Waals surface area contributed by atoms with Crippen LogP contribution in [0, 0.1) is 0 Å². The molecule has 118 valence electrons. The molecule has 2 aromatic heterocycles. The molecule has 0 bridgehead atoms. The molecule has 9 heteroatoms. The minimum atomic E-state index is -4.94. The lowest BCUT2D eigenvalue weighted by atomic mass is 10.3. The number of carbonyl (C=O) groups is 2. The summed E-state index contributed by atoms with van der Waals surface area (Å²) < 4.78 is 38.8. The monoisotopic (exact) mass is 331 g/mol. The highest BCUT2D eigenvalue weighted by Gasteiger charge is 2.40. The SMILES string of the molecule is CN(Cc1nccn1C)C(=O)c1ccc(C(=O)C(F)(F)F)s1. The van der Waals surface area contributed by atoms with Crippen molar-refractivity contribution in [3.8, 4) is 0 Å². The smallest absolute Gasteiger partial charge is 0.337 e. The first-order valence-corrected chi connectivity index (χ1v) is 6.95. The number of rotatable bonds is 4. The number of alkyl halides is 3. The third-order valence-electron chi connectivity index (χ3n) is 2.94. The van der Waals surface area contributed by atoms with E-state index >= 15 is 0 Å². The van der Waals surface area contributed by atoms with Gasteiger partial charge in [0.25, 0.3) is 11.7 Å². The highest BCUT2D eigenvalue weighted by atomic mass is 32.1. The number of ketones is 1. The molecule has 0 unspecified atom stereocenters. The van der Waals surface area contributed by atoms with Crippen molar-refractivity contribution in [3.05, 3.63) is 40.1 Å². The van der Waals surface area contributed by atoms with Crippen molar-refractivity contribution in [1.82, 2.24) is 14.5 Å². The second kappa shape index (κ2) is 5.91. The van der Waals surface area contributed by atoms with Crippen LogP contribution in [0.4, 0.5) is 13.2 Å². The fourth-order valence-corrected chi connectivity index (χ4v) is 2.70. The molecule has 0 aliphatic rings. The van der Waals surface area contributed by atoms with Crippen molar-refractivity contribution >= 4 is 23.0 Å². The van der Waals surface area contributed by atoms with E-state index in [9.17, 15) is 22.8 Å². The van der Waals surface area contributed by atoms with E-state index in [1.165, 1.54) is 18.0 Å². The maximum Gasteiger partial charge on any atom is 0.455 e. The van der Waals surface area contributed by atoms with Gasteiger partial charge in [0.05, 0.1) is 16.3 Å². The summed E-state index contributed by atoms with van der Waals surface area (Å²) in [5.41, 5.74) is 0. The Bertz CT molecular complexity index is 705. The summed E-state index contributed by atoms with van der Waals surface area (Å²) in [5.74, 6) is -1.77. The summed E-state index contributed by atoms with van der Waals surface area (Å²) >= 11 is 0.533. The van der Waals surface area contributed by atoms with Gasteiger partial charge in [-0.15, -0.1) is 11.3 Å². The number of aryl methyl sites for hydroxylation is 1. The van der Waals surface area contributed by atoms with Gasteiger partial charge >= 0.3 is 6.18 Å². The number of aromatic nitrogens is 2. The van der Waals surface area contributed by atoms with Crippen molar-refractivity contribution in [2.24, 2.45) is 7.05 Å². The van der Waals surface area contributed by atoms with Gasteiger partial charge in [0.2, 0.25) is 0 Å². The molecule has 5 nitrogen and oxygen atoms in total. The van der Waals surface area contributed by atoms with Gasteiger partial charge < -0.3 is 9.47 Å². The summed E-state index contributed by atoms with van der Waals surface area (Å²) in [6.45, 7) is 0.211. The average molecular weight is 331 g/mol. The minimum absolute atomic E-state index is 0.0734. The molecular formula is C13H12F3N3O2S. The molecule has 0 N–H and O–H groups in total. The van der Waals surface area contributed by atoms with E-state index in [0.717, 1.165) is 6.07 Å². The summed E-state index contributed by atoms with van der Waals surface area (Å²) in [7, 11) is 3.29. The Morgan fingerprint density at radius 2 is 1.95 bits per heavy atom. The normalized spacial score (nSPS) is 11.5. The molecule has 2 aromatic rings. The van der Waals surface area contributed by atoms with E-state index in [1.807, 2.05) is 0 Å². The van der Waals surface area contributed by atoms with E-state index in [0.29, 0.717) is 17.2 Å². The van der Waals surface area contributed by atoms with Gasteiger partial charge in [-0.1, -0.05) is 0 Å². The molecule has 0 saturated carbocycles. The van der Waals surface area contributed by atoms with E-state index in [4.69, 9.17) is 0 Å². The molecule has 0 aliphatic carbocycles. The molecule has 0 aliphatic heterocycles. The number of Topliss-reactive ketones (excluding diaryl/α,β-unsaturated/α-hetero) is 1. The highest BCUT2D eigenvalue weighted by Crippen LogP contribution is 2.27. The lowest BCUT2D eigenvalue weighted by Crippen LogP contribution is -2.26. The maximum absolute atomic E-state index is 12.4. The van der Waals surface area contributed by atoms with Gasteiger partial charge in [-0.2, -0.15) is 13.2 Å². The van der Waals surface area contributed by atoms with Crippen LogP contribution in [0.15, 0.2) is 24.5 Å². The van der Waals surface area contributed by atoms with E-state index in [1.54, 1.807) is 24.0 Å². The molecule has 0 spiro atoms. The Hall–Kier alpha value is -2.16. The van der Waals surface area contributed by atoms with Crippen molar-refractivity contribution in [1.29, 1.82) is 0 Å². The van der Waals surface area contributed by atoms with Gasteiger partial charge in [0.1, 0.15) is 5.82 Å². The second-order valence-electron chi connectivity index (χ2n) is 4.61. The summed E-state index contributed by atoms with van der Waals surface area (Å²) in [6, 6.07) is 2.24. The Morgan fingerprint density at radius 1 is 1.32 bits per heavy atom. The van der Waals surface area contributed by atoms with E-state index < -0.39 is 22.7 Å². The molecule has 0 atom stereocenters. The molecule has 2 heterocycles. The number of hydrogen-bond donors (Lipinski definition) is 0. The zero-order valence-corrected chi connectivity index (χ0v) is 12.5. The molecule has 1 amide bonds. The summed E-state index contributed by atoms with van der Waals surface area (Å²) in [5, 5.41) is 0. The van der Waals surface area contributed by atoms with Crippen LogP contribution in [0.3, 0.4) is 0 Å².